The molecule has 0 spiro atoms. The molecule has 0 aromatic heterocycles. The number of hydrogen-bond donors (Lipinski definition) is 2. The van der Waals surface area contributed by atoms with E-state index in [1.807, 2.05) is 0 Å². The molecule has 17 heavy (non-hydrogen) atoms. The second-order valence-electron chi connectivity index (χ2n) is 5.15. The first-order valence-corrected chi connectivity index (χ1v) is 6.45. The van der Waals surface area contributed by atoms with E-state index in [1.165, 1.54) is 0 Å². The largest absolute Gasteiger partial charge is 0.368 e. The summed E-state index contributed by atoms with van der Waals surface area (Å²) in [5.74, 6) is 0.137. The molecule has 96 valence electrons. The number of rotatable bonds is 5. The van der Waals surface area contributed by atoms with E-state index in [0.717, 1.165) is 38.8 Å². The van der Waals surface area contributed by atoms with Crippen LogP contribution in [0.5, 0.6) is 0 Å². The zero-order chi connectivity index (χ0) is 12.3. The van der Waals surface area contributed by atoms with Crippen LogP contribution in [0.3, 0.4) is 0 Å². The molecule has 0 unspecified atom stereocenters. The van der Waals surface area contributed by atoms with Crippen molar-refractivity contribution in [3.63, 3.8) is 0 Å². The predicted octanol–water partition coefficient (Wildman–Crippen LogP) is -0.148. The van der Waals surface area contributed by atoms with Crippen LogP contribution in [0.1, 0.15) is 32.1 Å². The minimum absolute atomic E-state index is 0.0870. The Kier molecular flexibility index (Phi) is 3.99. The van der Waals surface area contributed by atoms with E-state index in [4.69, 9.17) is 5.73 Å². The van der Waals surface area contributed by atoms with Gasteiger partial charge in [0.25, 0.3) is 0 Å². The fourth-order valence-corrected chi connectivity index (χ4v) is 2.66. The number of nitrogens with zero attached hydrogens (tertiary/aromatic N) is 1. The van der Waals surface area contributed by atoms with Crippen molar-refractivity contribution in [2.45, 2.75) is 38.1 Å². The molecule has 0 radical (unpaired) electrons. The molecule has 2 fully saturated rings. The van der Waals surface area contributed by atoms with Crippen LogP contribution < -0.4 is 11.1 Å². The van der Waals surface area contributed by atoms with Crippen LogP contribution >= 0.6 is 0 Å². The quantitative estimate of drug-likeness (QED) is 0.700. The van der Waals surface area contributed by atoms with Gasteiger partial charge in [-0.2, -0.15) is 0 Å². The Morgan fingerprint density at radius 1 is 1.24 bits per heavy atom. The first-order chi connectivity index (χ1) is 8.16. The van der Waals surface area contributed by atoms with Gasteiger partial charge < -0.3 is 16.0 Å². The number of nitrogens with two attached hydrogens (primary N) is 1. The Balaban J connectivity index is 1.92. The lowest BCUT2D eigenvalue weighted by atomic mass is 9.98. The van der Waals surface area contributed by atoms with Crippen molar-refractivity contribution in [2.75, 3.05) is 19.6 Å². The molecular formula is C12H21N3O2. The average molecular weight is 239 g/mol. The summed E-state index contributed by atoms with van der Waals surface area (Å²) >= 11 is 0. The Labute approximate surface area is 102 Å². The predicted molar refractivity (Wildman–Crippen MR) is 64.1 cm³/mol. The maximum atomic E-state index is 12.2. The summed E-state index contributed by atoms with van der Waals surface area (Å²) in [6, 6.07) is 0.239. The van der Waals surface area contributed by atoms with E-state index < -0.39 is 5.91 Å². The molecule has 1 saturated heterocycles. The van der Waals surface area contributed by atoms with E-state index >= 15 is 0 Å². The lowest BCUT2D eigenvalue weighted by Gasteiger charge is -2.32. The third-order valence-electron chi connectivity index (χ3n) is 3.74. The lowest BCUT2D eigenvalue weighted by Crippen LogP contribution is -2.49. The second-order valence-corrected chi connectivity index (χ2v) is 5.15. The molecule has 1 aliphatic heterocycles. The van der Waals surface area contributed by atoms with Crippen LogP contribution in [0.15, 0.2) is 0 Å². The summed E-state index contributed by atoms with van der Waals surface area (Å²) < 4.78 is 0. The first kappa shape index (κ1) is 12.4. The molecule has 0 atom stereocenters. The van der Waals surface area contributed by atoms with Gasteiger partial charge in [-0.1, -0.05) is 12.8 Å². The van der Waals surface area contributed by atoms with Gasteiger partial charge in [-0.3, -0.25) is 9.59 Å². The number of carbonyl (C=O) groups is 2. The van der Waals surface area contributed by atoms with Crippen molar-refractivity contribution < 1.29 is 9.59 Å². The van der Waals surface area contributed by atoms with Crippen LogP contribution in [0.25, 0.3) is 0 Å². The smallest absolute Gasteiger partial charge is 0.237 e. The van der Waals surface area contributed by atoms with Gasteiger partial charge in [-0.05, 0) is 31.8 Å². The normalized spacial score (nSPS) is 21.2. The molecule has 2 aliphatic rings. The molecular weight excluding hydrogens is 218 g/mol. The number of primary amides is 1. The number of hydrogen-bond acceptors (Lipinski definition) is 3. The molecule has 0 aromatic carbocycles. The Hall–Kier alpha value is -1.10. The molecule has 2 amide bonds. The number of carbonyl (C=O) groups excluding carboxylic acids is 2. The van der Waals surface area contributed by atoms with Crippen molar-refractivity contribution >= 4 is 11.8 Å². The fourth-order valence-electron chi connectivity index (χ4n) is 2.66. The highest BCUT2D eigenvalue weighted by Crippen LogP contribution is 2.24. The minimum atomic E-state index is -0.406. The van der Waals surface area contributed by atoms with E-state index in [0.29, 0.717) is 12.3 Å². The summed E-state index contributed by atoms with van der Waals surface area (Å²) in [5, 5.41) is 3.15. The van der Waals surface area contributed by atoms with Gasteiger partial charge in [0.05, 0.1) is 6.54 Å². The highest BCUT2D eigenvalue weighted by molar-refractivity contribution is 5.84. The molecule has 1 heterocycles. The van der Waals surface area contributed by atoms with E-state index in [9.17, 15) is 9.59 Å². The SMILES string of the molecule is NC(=O)CN(C(=O)CC1CNC1)C1CCCC1. The lowest BCUT2D eigenvalue weighted by molar-refractivity contribution is -0.138. The van der Waals surface area contributed by atoms with Crippen molar-refractivity contribution in [1.29, 1.82) is 0 Å². The average Bonchev–Trinajstić information content (AvgIpc) is 2.72. The Morgan fingerprint density at radius 2 is 1.88 bits per heavy atom. The van der Waals surface area contributed by atoms with E-state index in [2.05, 4.69) is 5.32 Å². The zero-order valence-electron chi connectivity index (χ0n) is 10.2. The van der Waals surface area contributed by atoms with Crippen LogP contribution in [-0.4, -0.2) is 42.4 Å². The van der Waals surface area contributed by atoms with Crippen LogP contribution in [-0.2, 0) is 9.59 Å². The monoisotopic (exact) mass is 239 g/mol. The fraction of sp³-hybridized carbons (Fsp3) is 0.833. The highest BCUT2D eigenvalue weighted by Gasteiger charge is 2.30. The van der Waals surface area contributed by atoms with Gasteiger partial charge >= 0.3 is 0 Å². The van der Waals surface area contributed by atoms with Crippen LogP contribution in [0.2, 0.25) is 0 Å². The summed E-state index contributed by atoms with van der Waals surface area (Å²) in [6.07, 6.45) is 4.89. The molecule has 1 aliphatic carbocycles. The molecule has 5 heteroatoms. The van der Waals surface area contributed by atoms with Gasteiger partial charge in [0.2, 0.25) is 11.8 Å². The number of nitrogens with one attached hydrogen (secondary N) is 1. The highest BCUT2D eigenvalue weighted by atomic mass is 16.2. The van der Waals surface area contributed by atoms with Gasteiger partial charge in [0, 0.05) is 12.5 Å². The standard InChI is InChI=1S/C12H21N3O2/c13-11(16)8-15(10-3-1-2-4-10)12(17)5-9-6-14-7-9/h9-10,14H,1-8H2,(H2,13,16). The molecule has 0 aromatic rings. The van der Waals surface area contributed by atoms with Crippen molar-refractivity contribution in [1.82, 2.24) is 10.2 Å². The molecule has 0 bridgehead atoms. The first-order valence-electron chi connectivity index (χ1n) is 6.45. The Morgan fingerprint density at radius 3 is 2.35 bits per heavy atom. The van der Waals surface area contributed by atoms with Crippen molar-refractivity contribution in [3.8, 4) is 0 Å². The summed E-state index contributed by atoms with van der Waals surface area (Å²) in [4.78, 5) is 24.9. The third kappa shape index (κ3) is 3.19. The number of amides is 2. The summed E-state index contributed by atoms with van der Waals surface area (Å²) in [5.41, 5.74) is 5.23. The van der Waals surface area contributed by atoms with Gasteiger partial charge in [-0.15, -0.1) is 0 Å². The molecule has 1 saturated carbocycles. The van der Waals surface area contributed by atoms with Gasteiger partial charge in [0.15, 0.2) is 0 Å². The second kappa shape index (κ2) is 5.49. The van der Waals surface area contributed by atoms with Crippen LogP contribution in [0, 0.1) is 5.92 Å². The maximum Gasteiger partial charge on any atom is 0.237 e. The molecule has 2 rings (SSSR count). The van der Waals surface area contributed by atoms with Gasteiger partial charge in [-0.25, -0.2) is 0 Å². The van der Waals surface area contributed by atoms with Gasteiger partial charge in [0.1, 0.15) is 0 Å². The van der Waals surface area contributed by atoms with E-state index in [1.54, 1.807) is 4.90 Å². The summed E-state index contributed by atoms with van der Waals surface area (Å²) in [7, 11) is 0. The molecule has 5 nitrogen and oxygen atoms in total. The molecule has 3 N–H and O–H groups in total. The third-order valence-corrected chi connectivity index (χ3v) is 3.74. The van der Waals surface area contributed by atoms with Crippen molar-refractivity contribution in [2.24, 2.45) is 11.7 Å². The maximum absolute atomic E-state index is 12.2. The topological polar surface area (TPSA) is 75.4 Å². The van der Waals surface area contributed by atoms with Crippen LogP contribution in [0.4, 0.5) is 0 Å². The summed E-state index contributed by atoms with van der Waals surface area (Å²) in [6.45, 7) is 1.92. The van der Waals surface area contributed by atoms with Crippen molar-refractivity contribution in [3.05, 3.63) is 0 Å². The Bertz CT molecular complexity index is 296. The zero-order valence-corrected chi connectivity index (χ0v) is 10.2. The minimum Gasteiger partial charge on any atom is -0.368 e. The van der Waals surface area contributed by atoms with E-state index in [-0.39, 0.29) is 18.5 Å².